The summed E-state index contributed by atoms with van der Waals surface area (Å²) in [6.07, 6.45) is 0. The van der Waals surface area contributed by atoms with Crippen molar-refractivity contribution in [2.75, 3.05) is 11.9 Å². The SMILES string of the molecule is N#CCOc1cccc(NCc2sccc2Br)c1. The van der Waals surface area contributed by atoms with Crippen molar-refractivity contribution in [2.45, 2.75) is 6.54 Å². The van der Waals surface area contributed by atoms with Gasteiger partial charge in [-0.25, -0.2) is 0 Å². The van der Waals surface area contributed by atoms with Gasteiger partial charge in [-0.1, -0.05) is 6.07 Å². The van der Waals surface area contributed by atoms with E-state index in [0.717, 1.165) is 16.7 Å². The van der Waals surface area contributed by atoms with E-state index in [1.54, 1.807) is 11.3 Å². The molecule has 0 spiro atoms. The highest BCUT2D eigenvalue weighted by Gasteiger charge is 2.01. The number of rotatable bonds is 5. The molecule has 0 aliphatic carbocycles. The predicted molar refractivity (Wildman–Crippen MR) is 76.9 cm³/mol. The van der Waals surface area contributed by atoms with Gasteiger partial charge in [0.2, 0.25) is 0 Å². The van der Waals surface area contributed by atoms with E-state index >= 15 is 0 Å². The zero-order valence-corrected chi connectivity index (χ0v) is 11.9. The van der Waals surface area contributed by atoms with Gasteiger partial charge in [0, 0.05) is 21.1 Å². The molecule has 1 aromatic carbocycles. The minimum Gasteiger partial charge on any atom is -0.479 e. The molecule has 0 radical (unpaired) electrons. The molecule has 3 nitrogen and oxygen atoms in total. The molecule has 0 atom stereocenters. The van der Waals surface area contributed by atoms with Crippen molar-refractivity contribution >= 4 is 33.0 Å². The Morgan fingerprint density at radius 1 is 1.39 bits per heavy atom. The average molecular weight is 323 g/mol. The van der Waals surface area contributed by atoms with Crippen LogP contribution in [-0.2, 0) is 6.54 Å². The van der Waals surface area contributed by atoms with E-state index in [1.165, 1.54) is 4.88 Å². The van der Waals surface area contributed by atoms with Crippen molar-refractivity contribution in [2.24, 2.45) is 0 Å². The molecule has 0 unspecified atom stereocenters. The highest BCUT2D eigenvalue weighted by Crippen LogP contribution is 2.24. The highest BCUT2D eigenvalue weighted by atomic mass is 79.9. The molecule has 0 amide bonds. The molecular weight excluding hydrogens is 312 g/mol. The molecule has 0 aliphatic rings. The monoisotopic (exact) mass is 322 g/mol. The number of nitrogens with one attached hydrogen (secondary N) is 1. The number of nitrogens with zero attached hydrogens (tertiary/aromatic N) is 1. The fourth-order valence-electron chi connectivity index (χ4n) is 1.45. The number of hydrogen-bond acceptors (Lipinski definition) is 4. The summed E-state index contributed by atoms with van der Waals surface area (Å²) in [5.74, 6) is 0.701. The van der Waals surface area contributed by atoms with Gasteiger partial charge in [-0.15, -0.1) is 11.3 Å². The highest BCUT2D eigenvalue weighted by molar-refractivity contribution is 9.10. The number of halogens is 1. The van der Waals surface area contributed by atoms with Crippen LogP contribution in [0.5, 0.6) is 5.75 Å². The predicted octanol–water partition coefficient (Wildman–Crippen LogP) is 4.03. The van der Waals surface area contributed by atoms with E-state index in [-0.39, 0.29) is 6.61 Å². The zero-order valence-electron chi connectivity index (χ0n) is 9.52. The summed E-state index contributed by atoms with van der Waals surface area (Å²) in [4.78, 5) is 1.25. The second-order valence-electron chi connectivity index (χ2n) is 3.52. The standard InChI is InChI=1S/C13H11BrN2OS/c14-12-4-7-18-13(12)9-16-10-2-1-3-11(8-10)17-6-5-15/h1-4,7-8,16H,6,9H2. The first-order chi connectivity index (χ1) is 8.79. The van der Waals surface area contributed by atoms with Crippen LogP contribution in [0, 0.1) is 11.3 Å². The Kier molecular flexibility index (Phi) is 4.62. The van der Waals surface area contributed by atoms with Gasteiger partial charge >= 0.3 is 0 Å². The van der Waals surface area contributed by atoms with Crippen LogP contribution in [0.3, 0.4) is 0 Å². The Morgan fingerprint density at radius 3 is 3.00 bits per heavy atom. The van der Waals surface area contributed by atoms with Gasteiger partial charge < -0.3 is 10.1 Å². The number of hydrogen-bond donors (Lipinski definition) is 1. The van der Waals surface area contributed by atoms with Gasteiger partial charge in [0.15, 0.2) is 6.61 Å². The van der Waals surface area contributed by atoms with Crippen LogP contribution >= 0.6 is 27.3 Å². The number of ether oxygens (including phenoxy) is 1. The first kappa shape index (κ1) is 12.9. The Balaban J connectivity index is 1.97. The molecule has 5 heteroatoms. The van der Waals surface area contributed by atoms with E-state index < -0.39 is 0 Å². The second kappa shape index (κ2) is 6.43. The van der Waals surface area contributed by atoms with Crippen molar-refractivity contribution in [3.63, 3.8) is 0 Å². The fourth-order valence-corrected chi connectivity index (χ4v) is 2.88. The lowest BCUT2D eigenvalue weighted by Crippen LogP contribution is -1.99. The van der Waals surface area contributed by atoms with Crippen LogP contribution in [-0.4, -0.2) is 6.61 Å². The third kappa shape index (κ3) is 3.49. The first-order valence-electron chi connectivity index (χ1n) is 5.35. The van der Waals surface area contributed by atoms with E-state index in [0.29, 0.717) is 5.75 Å². The van der Waals surface area contributed by atoms with E-state index in [4.69, 9.17) is 10.00 Å². The van der Waals surface area contributed by atoms with Crippen molar-refractivity contribution in [3.8, 4) is 11.8 Å². The van der Waals surface area contributed by atoms with Gasteiger partial charge in [-0.2, -0.15) is 5.26 Å². The number of nitriles is 1. The number of benzene rings is 1. The summed E-state index contributed by atoms with van der Waals surface area (Å²) in [5, 5.41) is 13.8. The van der Waals surface area contributed by atoms with Crippen molar-refractivity contribution in [1.82, 2.24) is 0 Å². The lowest BCUT2D eigenvalue weighted by Gasteiger charge is -2.07. The molecule has 0 aliphatic heterocycles. The summed E-state index contributed by atoms with van der Waals surface area (Å²) in [5.41, 5.74) is 0.978. The van der Waals surface area contributed by atoms with Gasteiger partial charge in [-0.05, 0) is 39.5 Å². The van der Waals surface area contributed by atoms with Crippen LogP contribution in [0.2, 0.25) is 0 Å². The van der Waals surface area contributed by atoms with Gasteiger partial charge in [0.05, 0.1) is 6.54 Å². The summed E-state index contributed by atoms with van der Waals surface area (Å²) in [6, 6.07) is 11.6. The smallest absolute Gasteiger partial charge is 0.174 e. The summed E-state index contributed by atoms with van der Waals surface area (Å²) >= 11 is 5.20. The van der Waals surface area contributed by atoms with E-state index in [2.05, 4.69) is 21.2 Å². The van der Waals surface area contributed by atoms with Crippen LogP contribution < -0.4 is 10.1 Å². The summed E-state index contributed by atoms with van der Waals surface area (Å²) in [7, 11) is 0. The number of thiophene rings is 1. The minimum atomic E-state index is 0.0694. The Morgan fingerprint density at radius 2 is 2.28 bits per heavy atom. The maximum atomic E-state index is 8.46. The molecule has 0 fully saturated rings. The number of anilines is 1. The quantitative estimate of drug-likeness (QED) is 0.904. The molecule has 1 N–H and O–H groups in total. The zero-order chi connectivity index (χ0) is 12.8. The first-order valence-corrected chi connectivity index (χ1v) is 7.02. The summed E-state index contributed by atoms with van der Waals surface area (Å²) < 4.78 is 6.37. The minimum absolute atomic E-state index is 0.0694. The van der Waals surface area contributed by atoms with Crippen molar-refractivity contribution in [1.29, 1.82) is 5.26 Å². The maximum absolute atomic E-state index is 8.46. The third-order valence-corrected chi connectivity index (χ3v) is 4.21. The second-order valence-corrected chi connectivity index (χ2v) is 5.37. The molecule has 1 heterocycles. The van der Waals surface area contributed by atoms with Crippen molar-refractivity contribution < 1.29 is 4.74 Å². The molecule has 2 rings (SSSR count). The topological polar surface area (TPSA) is 45.0 Å². The molecule has 0 bridgehead atoms. The van der Waals surface area contributed by atoms with Gasteiger partial charge in [0.25, 0.3) is 0 Å². The molecule has 0 saturated carbocycles. The van der Waals surface area contributed by atoms with Crippen LogP contribution in [0.25, 0.3) is 0 Å². The molecule has 2 aromatic rings. The fraction of sp³-hybridized carbons (Fsp3) is 0.154. The van der Waals surface area contributed by atoms with Crippen molar-refractivity contribution in [3.05, 3.63) is 45.1 Å². The Labute approximate surface area is 118 Å². The van der Waals surface area contributed by atoms with E-state index in [9.17, 15) is 0 Å². The maximum Gasteiger partial charge on any atom is 0.174 e. The Bertz CT molecular complexity index is 562. The van der Waals surface area contributed by atoms with Crippen LogP contribution in [0.1, 0.15) is 4.88 Å². The van der Waals surface area contributed by atoms with E-state index in [1.807, 2.05) is 41.8 Å². The third-order valence-electron chi connectivity index (χ3n) is 2.28. The van der Waals surface area contributed by atoms with Gasteiger partial charge in [-0.3, -0.25) is 0 Å². The Hall–Kier alpha value is -1.51. The molecule has 0 saturated heterocycles. The van der Waals surface area contributed by atoms with Gasteiger partial charge in [0.1, 0.15) is 11.8 Å². The largest absolute Gasteiger partial charge is 0.479 e. The molecular formula is C13H11BrN2OS. The van der Waals surface area contributed by atoms with Crippen LogP contribution in [0.4, 0.5) is 5.69 Å². The van der Waals surface area contributed by atoms with Crippen LogP contribution in [0.15, 0.2) is 40.2 Å². The molecule has 18 heavy (non-hydrogen) atoms. The summed E-state index contributed by atoms with van der Waals surface area (Å²) in [6.45, 7) is 0.833. The lowest BCUT2D eigenvalue weighted by atomic mass is 10.3. The molecule has 1 aromatic heterocycles. The lowest BCUT2D eigenvalue weighted by molar-refractivity contribution is 0.368. The molecule has 92 valence electrons. The average Bonchev–Trinajstić information content (AvgIpc) is 2.80. The normalized spacial score (nSPS) is 9.78.